The first kappa shape index (κ1) is 16.1. The highest BCUT2D eigenvalue weighted by molar-refractivity contribution is 9.10. The maximum Gasteiger partial charge on any atom is 0.138 e. The van der Waals surface area contributed by atoms with E-state index >= 15 is 0 Å². The molecule has 2 aromatic heterocycles. The zero-order valence-electron chi connectivity index (χ0n) is 14.4. The number of hydrogen-bond donors (Lipinski definition) is 1. The van der Waals surface area contributed by atoms with Crippen LogP contribution in [0.5, 0.6) is 0 Å². The van der Waals surface area contributed by atoms with Gasteiger partial charge in [0.25, 0.3) is 0 Å². The second kappa shape index (κ2) is 6.56. The van der Waals surface area contributed by atoms with E-state index in [-0.39, 0.29) is 0 Å². The number of anilines is 3. The molecule has 3 aromatic carbocycles. The van der Waals surface area contributed by atoms with Crippen molar-refractivity contribution in [1.29, 1.82) is 0 Å². The van der Waals surface area contributed by atoms with E-state index in [0.717, 1.165) is 43.5 Å². The lowest BCUT2D eigenvalue weighted by Gasteiger charge is -2.25. The van der Waals surface area contributed by atoms with Gasteiger partial charge in [-0.1, -0.05) is 36.4 Å². The Labute approximate surface area is 165 Å². The van der Waals surface area contributed by atoms with Gasteiger partial charge in [-0.05, 0) is 64.5 Å². The number of hydrogen-bond acceptors (Lipinski definition) is 2. The van der Waals surface area contributed by atoms with Crippen molar-refractivity contribution in [1.82, 2.24) is 9.97 Å². The number of benzene rings is 3. The summed E-state index contributed by atoms with van der Waals surface area (Å²) in [7, 11) is 0. The SMILES string of the molecule is Brc1cnc2[nH]c3ccc(N(c4ccccc4)c4ccccc4)cc3c2c1. The number of H-pyrrole nitrogens is 1. The lowest BCUT2D eigenvalue weighted by atomic mass is 10.1. The van der Waals surface area contributed by atoms with Gasteiger partial charge in [0, 0.05) is 44.0 Å². The van der Waals surface area contributed by atoms with Gasteiger partial charge in [0.2, 0.25) is 0 Å². The van der Waals surface area contributed by atoms with Crippen LogP contribution >= 0.6 is 15.9 Å². The topological polar surface area (TPSA) is 31.9 Å². The van der Waals surface area contributed by atoms with Gasteiger partial charge in [0.15, 0.2) is 0 Å². The van der Waals surface area contributed by atoms with E-state index in [2.05, 4.69) is 104 Å². The first-order chi connectivity index (χ1) is 13.3. The lowest BCUT2D eigenvalue weighted by molar-refractivity contribution is 1.29. The zero-order valence-corrected chi connectivity index (χ0v) is 16.0. The van der Waals surface area contributed by atoms with Crippen molar-refractivity contribution in [3.8, 4) is 0 Å². The number of rotatable bonds is 3. The van der Waals surface area contributed by atoms with Crippen molar-refractivity contribution >= 4 is 54.9 Å². The van der Waals surface area contributed by atoms with Crippen LogP contribution in [0.15, 0.2) is 95.6 Å². The molecule has 0 saturated carbocycles. The summed E-state index contributed by atoms with van der Waals surface area (Å²) in [6, 6.07) is 29.5. The molecule has 0 aliphatic rings. The van der Waals surface area contributed by atoms with Crippen LogP contribution in [0.4, 0.5) is 17.1 Å². The summed E-state index contributed by atoms with van der Waals surface area (Å²) in [4.78, 5) is 10.2. The van der Waals surface area contributed by atoms with E-state index in [0.29, 0.717) is 0 Å². The first-order valence-electron chi connectivity index (χ1n) is 8.77. The normalized spacial score (nSPS) is 11.1. The Hall–Kier alpha value is -3.11. The molecular formula is C23H16BrN3. The maximum atomic E-state index is 4.49. The van der Waals surface area contributed by atoms with Crippen LogP contribution in [0.3, 0.4) is 0 Å². The molecule has 1 N–H and O–H groups in total. The fourth-order valence-corrected chi connectivity index (χ4v) is 3.81. The average molecular weight is 414 g/mol. The molecule has 0 fully saturated rings. The smallest absolute Gasteiger partial charge is 0.138 e. The molecule has 0 radical (unpaired) electrons. The predicted octanol–water partition coefficient (Wildman–Crippen LogP) is 6.95. The van der Waals surface area contributed by atoms with E-state index in [9.17, 15) is 0 Å². The Balaban J connectivity index is 1.75. The van der Waals surface area contributed by atoms with Gasteiger partial charge < -0.3 is 9.88 Å². The molecule has 0 atom stereocenters. The van der Waals surface area contributed by atoms with Gasteiger partial charge in [-0.25, -0.2) is 4.98 Å². The Morgan fingerprint density at radius 1 is 0.704 bits per heavy atom. The first-order valence-corrected chi connectivity index (χ1v) is 9.56. The fourth-order valence-electron chi connectivity index (χ4n) is 3.48. The monoisotopic (exact) mass is 413 g/mol. The molecule has 2 heterocycles. The molecule has 0 unspecified atom stereocenters. The van der Waals surface area contributed by atoms with Crippen LogP contribution in [-0.2, 0) is 0 Å². The number of aromatic amines is 1. The molecule has 3 nitrogen and oxygen atoms in total. The number of nitrogens with one attached hydrogen (secondary N) is 1. The lowest BCUT2D eigenvalue weighted by Crippen LogP contribution is -2.09. The Kier molecular flexibility index (Phi) is 3.91. The summed E-state index contributed by atoms with van der Waals surface area (Å²) in [5.74, 6) is 0. The van der Waals surface area contributed by atoms with Crippen LogP contribution in [0.25, 0.3) is 21.9 Å². The molecule has 0 amide bonds. The Morgan fingerprint density at radius 2 is 1.37 bits per heavy atom. The van der Waals surface area contributed by atoms with E-state index in [1.54, 1.807) is 0 Å². The summed E-state index contributed by atoms with van der Waals surface area (Å²) in [5, 5.41) is 2.27. The zero-order chi connectivity index (χ0) is 18.2. The van der Waals surface area contributed by atoms with Crippen molar-refractivity contribution < 1.29 is 0 Å². The third kappa shape index (κ3) is 2.88. The molecule has 5 rings (SSSR count). The van der Waals surface area contributed by atoms with E-state index < -0.39 is 0 Å². The van der Waals surface area contributed by atoms with Crippen LogP contribution in [-0.4, -0.2) is 9.97 Å². The van der Waals surface area contributed by atoms with Crippen LogP contribution in [0, 0.1) is 0 Å². The number of fused-ring (bicyclic) bond motifs is 3. The third-order valence-electron chi connectivity index (χ3n) is 4.69. The Bertz CT molecular complexity index is 1190. The minimum atomic E-state index is 0.899. The van der Waals surface area contributed by atoms with E-state index in [4.69, 9.17) is 0 Å². The largest absolute Gasteiger partial charge is 0.339 e. The minimum absolute atomic E-state index is 0.899. The molecule has 0 bridgehead atoms. The molecule has 5 aromatic rings. The Morgan fingerprint density at radius 3 is 2.04 bits per heavy atom. The van der Waals surface area contributed by atoms with Crippen molar-refractivity contribution in [3.63, 3.8) is 0 Å². The van der Waals surface area contributed by atoms with Crippen molar-refractivity contribution in [2.24, 2.45) is 0 Å². The van der Waals surface area contributed by atoms with Crippen molar-refractivity contribution in [2.75, 3.05) is 4.90 Å². The van der Waals surface area contributed by atoms with Crippen molar-refractivity contribution in [2.45, 2.75) is 0 Å². The molecule has 0 spiro atoms. The van der Waals surface area contributed by atoms with Crippen LogP contribution in [0.2, 0.25) is 0 Å². The molecular weight excluding hydrogens is 398 g/mol. The fraction of sp³-hybridized carbons (Fsp3) is 0. The van der Waals surface area contributed by atoms with Crippen LogP contribution < -0.4 is 4.90 Å². The summed E-state index contributed by atoms with van der Waals surface area (Å²) >= 11 is 3.54. The van der Waals surface area contributed by atoms with Crippen molar-refractivity contribution in [3.05, 3.63) is 95.6 Å². The van der Waals surface area contributed by atoms with E-state index in [1.165, 1.54) is 0 Å². The summed E-state index contributed by atoms with van der Waals surface area (Å²) in [5.41, 5.74) is 5.35. The highest BCUT2D eigenvalue weighted by atomic mass is 79.9. The summed E-state index contributed by atoms with van der Waals surface area (Å²) < 4.78 is 0.976. The number of halogens is 1. The number of para-hydroxylation sites is 2. The molecule has 0 saturated heterocycles. The highest BCUT2D eigenvalue weighted by Crippen LogP contribution is 2.37. The van der Waals surface area contributed by atoms with Gasteiger partial charge in [0.1, 0.15) is 5.65 Å². The van der Waals surface area contributed by atoms with E-state index in [1.807, 2.05) is 18.3 Å². The summed E-state index contributed by atoms with van der Waals surface area (Å²) in [6.45, 7) is 0. The highest BCUT2D eigenvalue weighted by Gasteiger charge is 2.14. The van der Waals surface area contributed by atoms with Gasteiger partial charge >= 0.3 is 0 Å². The van der Waals surface area contributed by atoms with Gasteiger partial charge in [-0.15, -0.1) is 0 Å². The quantitative estimate of drug-likeness (QED) is 0.347. The predicted molar refractivity (Wildman–Crippen MR) is 116 cm³/mol. The third-order valence-corrected chi connectivity index (χ3v) is 5.12. The molecule has 130 valence electrons. The second-order valence-corrected chi connectivity index (χ2v) is 7.33. The minimum Gasteiger partial charge on any atom is -0.339 e. The molecule has 27 heavy (non-hydrogen) atoms. The van der Waals surface area contributed by atoms with Gasteiger partial charge in [-0.2, -0.15) is 0 Å². The number of aromatic nitrogens is 2. The number of nitrogens with zero attached hydrogens (tertiary/aromatic N) is 2. The molecule has 0 aliphatic carbocycles. The summed E-state index contributed by atoms with van der Waals surface area (Å²) in [6.07, 6.45) is 1.82. The number of pyridine rings is 1. The van der Waals surface area contributed by atoms with Crippen LogP contribution in [0.1, 0.15) is 0 Å². The molecule has 4 heteroatoms. The maximum absolute atomic E-state index is 4.49. The average Bonchev–Trinajstić information content (AvgIpc) is 3.07. The van der Waals surface area contributed by atoms with Gasteiger partial charge in [0.05, 0.1) is 0 Å². The standard InChI is InChI=1S/C23H16BrN3/c24-16-13-21-20-14-19(11-12-22(20)26-23(21)25-15-16)27(17-7-3-1-4-8-17)18-9-5-2-6-10-18/h1-15H,(H,25,26). The van der Waals surface area contributed by atoms with Gasteiger partial charge in [-0.3, -0.25) is 0 Å². The molecule has 0 aliphatic heterocycles. The second-order valence-electron chi connectivity index (χ2n) is 6.41.